The molecule has 0 unspecified atom stereocenters. The molecule has 35 heavy (non-hydrogen) atoms. The van der Waals surface area contributed by atoms with Gasteiger partial charge >= 0.3 is 0 Å². The molecule has 9 nitrogen and oxygen atoms in total. The van der Waals surface area contributed by atoms with Crippen LogP contribution in [0.4, 0.5) is 11.4 Å². The Morgan fingerprint density at radius 3 is 2.54 bits per heavy atom. The molecule has 0 spiro atoms. The van der Waals surface area contributed by atoms with Gasteiger partial charge in [-0.3, -0.25) is 9.59 Å². The highest BCUT2D eigenvalue weighted by atomic mass is 32.2. The first kappa shape index (κ1) is 25.3. The number of ether oxygens (including phenoxy) is 2. The zero-order valence-corrected chi connectivity index (χ0v) is 21.6. The minimum absolute atomic E-state index is 0.126. The Hall–Kier alpha value is -2.76. The van der Waals surface area contributed by atoms with Crippen LogP contribution in [0.25, 0.3) is 0 Å². The molecule has 2 aromatic rings. The highest BCUT2D eigenvalue weighted by molar-refractivity contribution is 7.99. The Labute approximate surface area is 209 Å². The van der Waals surface area contributed by atoms with Crippen molar-refractivity contribution >= 4 is 45.0 Å². The van der Waals surface area contributed by atoms with E-state index in [0.717, 1.165) is 17.7 Å². The molecule has 0 saturated carbocycles. The lowest BCUT2D eigenvalue weighted by Gasteiger charge is -2.25. The fourth-order valence-corrected chi connectivity index (χ4v) is 6.74. The predicted molar refractivity (Wildman–Crippen MR) is 135 cm³/mol. The molecule has 1 atom stereocenters. The van der Waals surface area contributed by atoms with Gasteiger partial charge in [-0.1, -0.05) is 6.92 Å². The van der Waals surface area contributed by atoms with Gasteiger partial charge in [-0.15, -0.1) is 11.8 Å². The number of amides is 2. The first-order valence-electron chi connectivity index (χ1n) is 11.3. The van der Waals surface area contributed by atoms with Gasteiger partial charge in [-0.2, -0.15) is 4.31 Å². The number of fused-ring (bicyclic) bond motifs is 1. The molecular weight excluding hydrogens is 490 g/mol. The zero-order chi connectivity index (χ0) is 25.2. The summed E-state index contributed by atoms with van der Waals surface area (Å²) in [6.07, 6.45) is 1.66. The van der Waals surface area contributed by atoms with E-state index in [2.05, 4.69) is 5.32 Å². The normalized spacial score (nSPS) is 18.7. The molecule has 2 aromatic carbocycles. The molecule has 188 valence electrons. The Morgan fingerprint density at radius 1 is 1.11 bits per heavy atom. The second-order valence-electron chi connectivity index (χ2n) is 8.49. The van der Waals surface area contributed by atoms with Crippen molar-refractivity contribution in [3.05, 3.63) is 36.4 Å². The molecule has 1 saturated heterocycles. The van der Waals surface area contributed by atoms with Crippen LogP contribution in [-0.4, -0.2) is 64.1 Å². The largest absolute Gasteiger partial charge is 0.497 e. The predicted octanol–water partition coefficient (Wildman–Crippen LogP) is 3.20. The third kappa shape index (κ3) is 5.26. The number of rotatable bonds is 7. The quantitative estimate of drug-likeness (QED) is 0.599. The molecule has 11 heteroatoms. The summed E-state index contributed by atoms with van der Waals surface area (Å²) in [4.78, 5) is 28.6. The number of nitrogens with one attached hydrogen (secondary N) is 1. The maximum absolute atomic E-state index is 13.3. The summed E-state index contributed by atoms with van der Waals surface area (Å²) < 4.78 is 38.4. The molecule has 1 fully saturated rings. The molecule has 1 N–H and O–H groups in total. The van der Waals surface area contributed by atoms with Crippen LogP contribution in [0, 0.1) is 5.92 Å². The van der Waals surface area contributed by atoms with E-state index in [4.69, 9.17) is 9.47 Å². The summed E-state index contributed by atoms with van der Waals surface area (Å²) in [5.74, 6) is 0.503. The minimum atomic E-state index is -3.68. The summed E-state index contributed by atoms with van der Waals surface area (Å²) in [6.45, 7) is 2.50. The number of hydrogen-bond donors (Lipinski definition) is 1. The van der Waals surface area contributed by atoms with Crippen molar-refractivity contribution in [1.29, 1.82) is 0 Å². The van der Waals surface area contributed by atoms with Crippen LogP contribution in [0.1, 0.15) is 19.8 Å². The molecule has 0 aromatic heterocycles. The van der Waals surface area contributed by atoms with Crippen LogP contribution in [0.3, 0.4) is 0 Å². The van der Waals surface area contributed by atoms with E-state index in [1.165, 1.54) is 41.3 Å². The van der Waals surface area contributed by atoms with Crippen molar-refractivity contribution in [3.8, 4) is 11.5 Å². The highest BCUT2D eigenvalue weighted by Gasteiger charge is 2.33. The SMILES string of the molecule is COc1ccc(OC)c(NC(=O)CN2C(=O)[C@@H](C)CSc3ccc(S(=O)(=O)N4CCCC4)cc32)c1. The Balaban J connectivity index is 1.65. The Kier molecular flexibility index (Phi) is 7.58. The van der Waals surface area contributed by atoms with E-state index in [1.807, 2.05) is 0 Å². The van der Waals surface area contributed by atoms with E-state index in [0.29, 0.717) is 41.7 Å². The van der Waals surface area contributed by atoms with Gasteiger partial charge in [-0.05, 0) is 43.2 Å². The van der Waals surface area contributed by atoms with Crippen molar-refractivity contribution in [2.45, 2.75) is 29.6 Å². The Morgan fingerprint density at radius 2 is 1.86 bits per heavy atom. The van der Waals surface area contributed by atoms with Crippen LogP contribution in [0.15, 0.2) is 46.2 Å². The second-order valence-corrected chi connectivity index (χ2v) is 11.5. The molecule has 2 aliphatic heterocycles. The van der Waals surface area contributed by atoms with Crippen molar-refractivity contribution in [2.24, 2.45) is 5.92 Å². The van der Waals surface area contributed by atoms with Gasteiger partial charge in [0.25, 0.3) is 0 Å². The number of sulfonamides is 1. The molecule has 4 rings (SSSR count). The van der Waals surface area contributed by atoms with Gasteiger partial charge in [0, 0.05) is 35.7 Å². The van der Waals surface area contributed by atoms with Crippen LogP contribution < -0.4 is 19.7 Å². The maximum Gasteiger partial charge on any atom is 0.244 e. The average Bonchev–Trinajstić information content (AvgIpc) is 3.38. The van der Waals surface area contributed by atoms with Gasteiger partial charge in [0.05, 0.1) is 30.5 Å². The highest BCUT2D eigenvalue weighted by Crippen LogP contribution is 2.38. The van der Waals surface area contributed by atoms with Crippen LogP contribution in [-0.2, 0) is 19.6 Å². The van der Waals surface area contributed by atoms with Crippen molar-refractivity contribution < 1.29 is 27.5 Å². The van der Waals surface area contributed by atoms with Crippen molar-refractivity contribution in [2.75, 3.05) is 49.8 Å². The smallest absolute Gasteiger partial charge is 0.244 e. The number of carbonyl (C=O) groups is 2. The van der Waals surface area contributed by atoms with E-state index in [-0.39, 0.29) is 23.3 Å². The summed E-state index contributed by atoms with van der Waals surface area (Å²) >= 11 is 1.48. The summed E-state index contributed by atoms with van der Waals surface area (Å²) in [6, 6.07) is 9.85. The van der Waals surface area contributed by atoms with E-state index < -0.39 is 15.9 Å². The van der Waals surface area contributed by atoms with Crippen molar-refractivity contribution in [1.82, 2.24) is 4.31 Å². The lowest BCUT2D eigenvalue weighted by Crippen LogP contribution is -2.41. The van der Waals surface area contributed by atoms with Gasteiger partial charge in [0.2, 0.25) is 21.8 Å². The van der Waals surface area contributed by atoms with Gasteiger partial charge in [0.1, 0.15) is 18.0 Å². The summed E-state index contributed by atoms with van der Waals surface area (Å²) in [5.41, 5.74) is 0.838. The molecule has 2 aliphatic rings. The molecule has 2 heterocycles. The lowest BCUT2D eigenvalue weighted by molar-refractivity contribution is -0.123. The number of carbonyl (C=O) groups excluding carboxylic acids is 2. The van der Waals surface area contributed by atoms with Gasteiger partial charge < -0.3 is 19.7 Å². The fraction of sp³-hybridized carbons (Fsp3) is 0.417. The summed E-state index contributed by atoms with van der Waals surface area (Å²) in [7, 11) is -0.663. The molecule has 2 amide bonds. The van der Waals surface area contributed by atoms with Gasteiger partial charge in [-0.25, -0.2) is 8.42 Å². The number of methoxy groups -OCH3 is 2. The number of hydrogen-bond acceptors (Lipinski definition) is 7. The number of benzene rings is 2. The Bertz CT molecular complexity index is 1230. The number of anilines is 2. The monoisotopic (exact) mass is 519 g/mol. The molecular formula is C24H29N3O6S2. The van der Waals surface area contributed by atoms with Crippen LogP contribution in [0.2, 0.25) is 0 Å². The summed E-state index contributed by atoms with van der Waals surface area (Å²) in [5, 5.41) is 2.79. The second kappa shape index (κ2) is 10.5. The zero-order valence-electron chi connectivity index (χ0n) is 19.9. The lowest BCUT2D eigenvalue weighted by atomic mass is 10.1. The van der Waals surface area contributed by atoms with E-state index in [9.17, 15) is 18.0 Å². The van der Waals surface area contributed by atoms with Crippen molar-refractivity contribution in [3.63, 3.8) is 0 Å². The minimum Gasteiger partial charge on any atom is -0.497 e. The average molecular weight is 520 g/mol. The van der Waals surface area contributed by atoms with Crippen LogP contribution >= 0.6 is 11.8 Å². The third-order valence-electron chi connectivity index (χ3n) is 6.08. The third-order valence-corrected chi connectivity index (χ3v) is 9.30. The first-order chi connectivity index (χ1) is 16.7. The topological polar surface area (TPSA) is 105 Å². The molecule has 0 aliphatic carbocycles. The molecule has 0 bridgehead atoms. The maximum atomic E-state index is 13.3. The number of nitrogens with zero attached hydrogens (tertiary/aromatic N) is 2. The molecule has 0 radical (unpaired) electrons. The standard InChI is InChI=1S/C24H29N3O6S2/c1-16-15-34-22-9-7-18(35(30,31)26-10-4-5-11-26)13-20(22)27(24(16)29)14-23(28)25-19-12-17(32-2)6-8-21(19)33-3/h6-9,12-13,16H,4-5,10-11,14-15H2,1-3H3,(H,25,28)/t16-/m0/s1. The van der Waals surface area contributed by atoms with E-state index >= 15 is 0 Å². The fourth-order valence-electron chi connectivity index (χ4n) is 4.15. The van der Waals surface area contributed by atoms with E-state index in [1.54, 1.807) is 37.3 Å². The number of thioether (sulfide) groups is 1. The first-order valence-corrected chi connectivity index (χ1v) is 13.8. The van der Waals surface area contributed by atoms with Gasteiger partial charge in [0.15, 0.2) is 0 Å². The van der Waals surface area contributed by atoms with Crippen LogP contribution in [0.5, 0.6) is 11.5 Å².